The van der Waals surface area contributed by atoms with Gasteiger partial charge in [0.25, 0.3) is 0 Å². The lowest BCUT2D eigenvalue weighted by molar-refractivity contribution is 0.0701. The Labute approximate surface area is 134 Å². The van der Waals surface area contributed by atoms with Crippen molar-refractivity contribution in [1.82, 2.24) is 9.88 Å². The summed E-state index contributed by atoms with van der Waals surface area (Å²) in [6, 6.07) is 8.42. The fourth-order valence-electron chi connectivity index (χ4n) is 2.96. The Balaban J connectivity index is 1.79. The maximum atomic E-state index is 11.1. The lowest BCUT2D eigenvalue weighted by atomic mass is 10.0. The molecule has 1 aliphatic heterocycles. The fraction of sp³-hybridized carbons (Fsp3) is 0.412. The molecule has 1 aromatic carbocycles. The lowest BCUT2D eigenvalue weighted by Crippen LogP contribution is -2.19. The summed E-state index contributed by atoms with van der Waals surface area (Å²) in [4.78, 5) is 18.4. The van der Waals surface area contributed by atoms with Crippen molar-refractivity contribution >= 4 is 17.3 Å². The van der Waals surface area contributed by atoms with Gasteiger partial charge in [-0.15, -0.1) is 11.3 Å². The minimum Gasteiger partial charge on any atom is -0.477 e. The van der Waals surface area contributed by atoms with Crippen LogP contribution in [0.5, 0.6) is 0 Å². The summed E-state index contributed by atoms with van der Waals surface area (Å²) < 4.78 is 0. The summed E-state index contributed by atoms with van der Waals surface area (Å²) in [6.07, 6.45) is 3.29. The first-order valence-electron chi connectivity index (χ1n) is 7.62. The van der Waals surface area contributed by atoms with E-state index in [1.165, 1.54) is 48.4 Å². The third-order valence-electron chi connectivity index (χ3n) is 4.09. The molecule has 0 saturated carbocycles. The van der Waals surface area contributed by atoms with Crippen LogP contribution >= 0.6 is 11.3 Å². The Hall–Kier alpha value is -1.72. The number of thiazole rings is 1. The van der Waals surface area contributed by atoms with Crippen LogP contribution in [0.2, 0.25) is 0 Å². The number of likely N-dealkylation sites (tertiary alicyclic amines) is 1. The van der Waals surface area contributed by atoms with E-state index in [4.69, 9.17) is 5.11 Å². The summed E-state index contributed by atoms with van der Waals surface area (Å²) in [5, 5.41) is 10.0. The van der Waals surface area contributed by atoms with Crippen molar-refractivity contribution in [1.29, 1.82) is 0 Å². The average molecular weight is 316 g/mol. The molecule has 0 aliphatic carbocycles. The number of hydrogen-bond acceptors (Lipinski definition) is 4. The van der Waals surface area contributed by atoms with Crippen LogP contribution in [0.25, 0.3) is 0 Å². The van der Waals surface area contributed by atoms with E-state index in [2.05, 4.69) is 28.1 Å². The van der Waals surface area contributed by atoms with Crippen LogP contribution in [0, 0.1) is 6.92 Å². The molecule has 1 saturated heterocycles. The second-order valence-electron chi connectivity index (χ2n) is 5.76. The highest BCUT2D eigenvalue weighted by atomic mass is 32.1. The second-order valence-corrected chi connectivity index (χ2v) is 6.84. The zero-order chi connectivity index (χ0) is 15.5. The largest absolute Gasteiger partial charge is 0.477 e. The number of carboxylic acid groups (broad SMARTS) is 1. The summed E-state index contributed by atoms with van der Waals surface area (Å²) >= 11 is 1.29. The van der Waals surface area contributed by atoms with Crippen molar-refractivity contribution in [3.05, 3.63) is 51.0 Å². The van der Waals surface area contributed by atoms with Gasteiger partial charge in [0.15, 0.2) is 0 Å². The number of carboxylic acids is 1. The number of benzene rings is 1. The molecule has 1 fully saturated rings. The molecule has 1 aliphatic rings. The van der Waals surface area contributed by atoms with Crippen molar-refractivity contribution in [3.63, 3.8) is 0 Å². The van der Waals surface area contributed by atoms with Gasteiger partial charge in [-0.1, -0.05) is 24.3 Å². The summed E-state index contributed by atoms with van der Waals surface area (Å²) in [5.41, 5.74) is 3.19. The third-order valence-corrected chi connectivity index (χ3v) is 5.23. The van der Waals surface area contributed by atoms with E-state index in [1.54, 1.807) is 6.92 Å². The molecule has 4 nitrogen and oxygen atoms in total. The molecule has 1 aromatic heterocycles. The Kier molecular flexibility index (Phi) is 4.55. The summed E-state index contributed by atoms with van der Waals surface area (Å²) in [7, 11) is 0. The molecule has 0 spiro atoms. The van der Waals surface area contributed by atoms with Crippen molar-refractivity contribution in [2.75, 3.05) is 13.1 Å². The summed E-state index contributed by atoms with van der Waals surface area (Å²) in [5.74, 6) is -0.883. The predicted molar refractivity (Wildman–Crippen MR) is 87.6 cm³/mol. The molecule has 22 heavy (non-hydrogen) atoms. The predicted octanol–water partition coefficient (Wildman–Crippen LogP) is 3.34. The fourth-order valence-corrected chi connectivity index (χ4v) is 3.88. The first-order chi connectivity index (χ1) is 10.6. The monoisotopic (exact) mass is 316 g/mol. The number of hydrogen-bond donors (Lipinski definition) is 1. The van der Waals surface area contributed by atoms with Gasteiger partial charge >= 0.3 is 5.97 Å². The standard InChI is InChI=1S/C17H20N2O2S/c1-12-16(17(20)21)22-15(18-12)10-13-6-2-3-7-14(13)11-19-8-4-5-9-19/h2-3,6-7H,4-5,8-11H2,1H3,(H,20,21). The minimum atomic E-state index is -0.883. The molecule has 1 N–H and O–H groups in total. The van der Waals surface area contributed by atoms with Crippen LogP contribution < -0.4 is 0 Å². The zero-order valence-electron chi connectivity index (χ0n) is 12.7. The van der Waals surface area contributed by atoms with Gasteiger partial charge in [-0.3, -0.25) is 4.90 Å². The van der Waals surface area contributed by atoms with Crippen molar-refractivity contribution in [2.24, 2.45) is 0 Å². The van der Waals surface area contributed by atoms with Crippen LogP contribution in [0.4, 0.5) is 0 Å². The Morgan fingerprint density at radius 1 is 1.27 bits per heavy atom. The highest BCUT2D eigenvalue weighted by molar-refractivity contribution is 7.13. The summed E-state index contributed by atoms with van der Waals surface area (Å²) in [6.45, 7) is 5.09. The van der Waals surface area contributed by atoms with E-state index in [9.17, 15) is 4.79 Å². The van der Waals surface area contributed by atoms with Crippen LogP contribution in [0.3, 0.4) is 0 Å². The zero-order valence-corrected chi connectivity index (χ0v) is 13.5. The van der Waals surface area contributed by atoms with E-state index in [0.717, 1.165) is 11.6 Å². The maximum absolute atomic E-state index is 11.1. The molecule has 0 bridgehead atoms. The van der Waals surface area contributed by atoms with Gasteiger partial charge in [-0.2, -0.15) is 0 Å². The van der Waals surface area contributed by atoms with Gasteiger partial charge in [-0.25, -0.2) is 9.78 Å². The van der Waals surface area contributed by atoms with Gasteiger partial charge in [-0.05, 0) is 44.0 Å². The van der Waals surface area contributed by atoms with Crippen LogP contribution in [0.15, 0.2) is 24.3 Å². The maximum Gasteiger partial charge on any atom is 0.347 e. The number of aromatic nitrogens is 1. The number of aromatic carboxylic acids is 1. The normalized spacial score (nSPS) is 15.3. The molecule has 2 heterocycles. The van der Waals surface area contributed by atoms with Crippen molar-refractivity contribution in [3.8, 4) is 0 Å². The van der Waals surface area contributed by atoms with E-state index >= 15 is 0 Å². The quantitative estimate of drug-likeness (QED) is 0.919. The molecule has 116 valence electrons. The van der Waals surface area contributed by atoms with Crippen molar-refractivity contribution in [2.45, 2.75) is 32.7 Å². The Morgan fingerprint density at radius 2 is 1.95 bits per heavy atom. The van der Waals surface area contributed by atoms with Crippen LogP contribution in [-0.4, -0.2) is 34.0 Å². The topological polar surface area (TPSA) is 53.4 Å². The molecule has 3 rings (SSSR count). The average Bonchev–Trinajstić information content (AvgIpc) is 3.11. The lowest BCUT2D eigenvalue weighted by Gasteiger charge is -2.17. The van der Waals surface area contributed by atoms with Gasteiger partial charge in [0.2, 0.25) is 0 Å². The first-order valence-corrected chi connectivity index (χ1v) is 8.44. The molecular weight excluding hydrogens is 296 g/mol. The van der Waals surface area contributed by atoms with Gasteiger partial charge < -0.3 is 5.11 Å². The van der Waals surface area contributed by atoms with E-state index in [0.29, 0.717) is 17.0 Å². The first kappa shape index (κ1) is 15.2. The number of rotatable bonds is 5. The van der Waals surface area contributed by atoms with Gasteiger partial charge in [0.05, 0.1) is 10.7 Å². The van der Waals surface area contributed by atoms with E-state index in [-0.39, 0.29) is 0 Å². The second kappa shape index (κ2) is 6.58. The molecular formula is C17H20N2O2S. The smallest absolute Gasteiger partial charge is 0.347 e. The molecule has 5 heteroatoms. The highest BCUT2D eigenvalue weighted by Crippen LogP contribution is 2.23. The SMILES string of the molecule is Cc1nc(Cc2ccccc2CN2CCCC2)sc1C(=O)O. The number of nitrogens with zero attached hydrogens (tertiary/aromatic N) is 2. The van der Waals surface area contributed by atoms with Gasteiger partial charge in [0.1, 0.15) is 4.88 Å². The van der Waals surface area contributed by atoms with Gasteiger partial charge in [0, 0.05) is 13.0 Å². The third kappa shape index (κ3) is 3.36. The number of carbonyl (C=O) groups is 1. The van der Waals surface area contributed by atoms with Crippen LogP contribution in [0.1, 0.15) is 44.3 Å². The molecule has 0 amide bonds. The molecule has 0 atom stereocenters. The van der Waals surface area contributed by atoms with Crippen molar-refractivity contribution < 1.29 is 9.90 Å². The highest BCUT2D eigenvalue weighted by Gasteiger charge is 2.17. The molecule has 0 unspecified atom stereocenters. The molecule has 2 aromatic rings. The number of aryl methyl sites for hydroxylation is 1. The van der Waals surface area contributed by atoms with E-state index in [1.807, 2.05) is 6.07 Å². The van der Waals surface area contributed by atoms with Crippen LogP contribution in [-0.2, 0) is 13.0 Å². The minimum absolute atomic E-state index is 0.354. The van der Waals surface area contributed by atoms with E-state index < -0.39 is 5.97 Å². The Bertz CT molecular complexity index is 675. The molecule has 0 radical (unpaired) electrons. The Morgan fingerprint density at radius 3 is 2.59 bits per heavy atom.